The van der Waals surface area contributed by atoms with E-state index in [0.717, 1.165) is 11.1 Å². The number of rotatable bonds is 2. The van der Waals surface area contributed by atoms with Crippen molar-refractivity contribution in [3.63, 3.8) is 0 Å². The number of thiocarbonyl (C=S) groups is 1. The van der Waals surface area contributed by atoms with Crippen LogP contribution in [-0.4, -0.2) is 16.0 Å². The van der Waals surface area contributed by atoms with Crippen molar-refractivity contribution in [1.29, 1.82) is 0 Å². The van der Waals surface area contributed by atoms with Crippen LogP contribution in [-0.2, 0) is 4.79 Å². The Hall–Kier alpha value is -2.44. The summed E-state index contributed by atoms with van der Waals surface area (Å²) >= 11 is 11.2. The number of amides is 1. The number of aryl methyl sites for hydroxylation is 1. The number of nitrogens with zero attached hydrogens (tertiary/aromatic N) is 1. The minimum absolute atomic E-state index is 0.228. The maximum atomic E-state index is 11.0. The van der Waals surface area contributed by atoms with Crippen molar-refractivity contribution in [1.82, 2.24) is 10.3 Å². The number of carbonyl (C=O) groups excluding carboxylic acids is 1. The highest BCUT2D eigenvalue weighted by atomic mass is 35.5. The van der Waals surface area contributed by atoms with E-state index in [9.17, 15) is 4.79 Å². The van der Waals surface area contributed by atoms with Crippen LogP contribution < -0.4 is 10.6 Å². The van der Waals surface area contributed by atoms with Gasteiger partial charge in [-0.3, -0.25) is 4.79 Å². The fourth-order valence-electron chi connectivity index (χ4n) is 2.18. The van der Waals surface area contributed by atoms with E-state index >= 15 is 0 Å². The molecule has 0 aliphatic carbocycles. The highest BCUT2D eigenvalue weighted by molar-refractivity contribution is 7.80. The van der Waals surface area contributed by atoms with E-state index in [-0.39, 0.29) is 11.0 Å². The van der Waals surface area contributed by atoms with Gasteiger partial charge in [-0.2, -0.15) is 0 Å². The minimum Gasteiger partial charge on any atom is -0.436 e. The number of fused-ring (bicyclic) bond motifs is 1. The van der Waals surface area contributed by atoms with Gasteiger partial charge in [0.05, 0.1) is 0 Å². The zero-order chi connectivity index (χ0) is 17.3. The Morgan fingerprint density at radius 3 is 2.75 bits per heavy atom. The zero-order valence-electron chi connectivity index (χ0n) is 13.0. The molecule has 7 heteroatoms. The van der Waals surface area contributed by atoms with Crippen molar-refractivity contribution in [3.05, 3.63) is 47.0 Å². The summed E-state index contributed by atoms with van der Waals surface area (Å²) in [5.74, 6) is 0.266. The third-order valence-electron chi connectivity index (χ3n) is 3.35. The molecule has 122 valence electrons. The lowest BCUT2D eigenvalue weighted by Crippen LogP contribution is -2.32. The SMILES string of the molecule is CC(=O)NC(=S)Nc1ccc2oc(-c3ccc(C)c(Cl)c3)nc2c1. The molecule has 0 spiro atoms. The van der Waals surface area contributed by atoms with Crippen LogP contribution in [0.4, 0.5) is 5.69 Å². The van der Waals surface area contributed by atoms with Gasteiger partial charge >= 0.3 is 0 Å². The van der Waals surface area contributed by atoms with E-state index in [0.29, 0.717) is 27.7 Å². The van der Waals surface area contributed by atoms with Gasteiger partial charge in [0.2, 0.25) is 11.8 Å². The van der Waals surface area contributed by atoms with Gasteiger partial charge in [0.15, 0.2) is 10.7 Å². The summed E-state index contributed by atoms with van der Waals surface area (Å²) in [7, 11) is 0. The van der Waals surface area contributed by atoms with E-state index < -0.39 is 0 Å². The number of halogens is 1. The van der Waals surface area contributed by atoms with Crippen LogP contribution in [0.15, 0.2) is 40.8 Å². The number of hydrogen-bond acceptors (Lipinski definition) is 4. The summed E-state index contributed by atoms with van der Waals surface area (Å²) in [6.07, 6.45) is 0. The molecule has 3 aromatic rings. The van der Waals surface area contributed by atoms with Crippen LogP contribution in [0.2, 0.25) is 5.02 Å². The van der Waals surface area contributed by atoms with Gasteiger partial charge in [0.1, 0.15) is 5.52 Å². The molecule has 2 N–H and O–H groups in total. The fraction of sp³-hybridized carbons (Fsp3) is 0.118. The van der Waals surface area contributed by atoms with Gasteiger partial charge in [0.25, 0.3) is 0 Å². The van der Waals surface area contributed by atoms with Gasteiger partial charge < -0.3 is 15.1 Å². The normalized spacial score (nSPS) is 10.6. The van der Waals surface area contributed by atoms with Crippen LogP contribution in [0.1, 0.15) is 12.5 Å². The number of oxazole rings is 1. The molecule has 0 fully saturated rings. The Morgan fingerprint density at radius 2 is 2.04 bits per heavy atom. The van der Waals surface area contributed by atoms with E-state index in [1.807, 2.05) is 25.1 Å². The molecule has 2 aromatic carbocycles. The van der Waals surface area contributed by atoms with Crippen molar-refractivity contribution >= 4 is 51.6 Å². The topological polar surface area (TPSA) is 67.2 Å². The van der Waals surface area contributed by atoms with Gasteiger partial charge in [0, 0.05) is 23.2 Å². The Balaban J connectivity index is 1.90. The number of hydrogen-bond donors (Lipinski definition) is 2. The van der Waals surface area contributed by atoms with Gasteiger partial charge in [-0.25, -0.2) is 4.98 Å². The summed E-state index contributed by atoms with van der Waals surface area (Å²) < 4.78 is 5.77. The van der Waals surface area contributed by atoms with Crippen LogP contribution in [0.5, 0.6) is 0 Å². The van der Waals surface area contributed by atoms with Crippen molar-refractivity contribution in [3.8, 4) is 11.5 Å². The summed E-state index contributed by atoms with van der Waals surface area (Å²) in [6, 6.07) is 11.1. The Kier molecular flexibility index (Phi) is 4.51. The van der Waals surface area contributed by atoms with Crippen molar-refractivity contribution in [2.75, 3.05) is 5.32 Å². The molecule has 0 aliphatic heterocycles. The second kappa shape index (κ2) is 6.59. The first-order chi connectivity index (χ1) is 11.4. The van der Waals surface area contributed by atoms with E-state index in [1.54, 1.807) is 18.2 Å². The number of benzene rings is 2. The lowest BCUT2D eigenvalue weighted by molar-refractivity contribution is -0.117. The molecule has 5 nitrogen and oxygen atoms in total. The molecule has 1 heterocycles. The van der Waals surface area contributed by atoms with Crippen LogP contribution in [0.25, 0.3) is 22.6 Å². The molecule has 1 amide bonds. The van der Waals surface area contributed by atoms with E-state index in [1.165, 1.54) is 6.92 Å². The first-order valence-corrected chi connectivity index (χ1v) is 7.96. The molecule has 0 atom stereocenters. The minimum atomic E-state index is -0.228. The Labute approximate surface area is 149 Å². The summed E-state index contributed by atoms with van der Waals surface area (Å²) in [5.41, 5.74) is 3.85. The first kappa shape index (κ1) is 16.4. The molecule has 24 heavy (non-hydrogen) atoms. The lowest BCUT2D eigenvalue weighted by atomic mass is 10.1. The van der Waals surface area contributed by atoms with Gasteiger partial charge in [-0.15, -0.1) is 0 Å². The second-order valence-electron chi connectivity index (χ2n) is 5.30. The number of anilines is 1. The predicted octanol–water partition coefficient (Wildman–Crippen LogP) is 4.29. The van der Waals surface area contributed by atoms with Crippen LogP contribution in [0.3, 0.4) is 0 Å². The third kappa shape index (κ3) is 3.55. The molecule has 1 aromatic heterocycles. The molecule has 0 radical (unpaired) electrons. The summed E-state index contributed by atoms with van der Waals surface area (Å²) in [5, 5.41) is 6.33. The maximum absolute atomic E-state index is 11.0. The van der Waals surface area contributed by atoms with Crippen molar-refractivity contribution in [2.24, 2.45) is 0 Å². The van der Waals surface area contributed by atoms with Gasteiger partial charge in [-0.1, -0.05) is 17.7 Å². The third-order valence-corrected chi connectivity index (χ3v) is 3.97. The number of carbonyl (C=O) groups is 1. The second-order valence-corrected chi connectivity index (χ2v) is 6.12. The summed E-state index contributed by atoms with van der Waals surface area (Å²) in [6.45, 7) is 3.34. The average molecular weight is 360 g/mol. The molecule has 0 aliphatic rings. The maximum Gasteiger partial charge on any atom is 0.227 e. The van der Waals surface area contributed by atoms with Crippen LogP contribution >= 0.6 is 23.8 Å². The van der Waals surface area contributed by atoms with Gasteiger partial charge in [-0.05, 0) is 55.0 Å². The molecule has 0 saturated heterocycles. The molecule has 0 bridgehead atoms. The fourth-order valence-corrected chi connectivity index (χ4v) is 2.62. The standard InChI is InChI=1S/C17H14ClN3O2S/c1-9-3-4-11(7-13(9)18)16-21-14-8-12(5-6-15(14)23-16)20-17(24)19-10(2)22/h3-8H,1-2H3,(H2,19,20,22,24). The van der Waals surface area contributed by atoms with Crippen LogP contribution in [0, 0.1) is 6.92 Å². The highest BCUT2D eigenvalue weighted by Gasteiger charge is 2.10. The van der Waals surface area contributed by atoms with E-state index in [4.69, 9.17) is 28.2 Å². The Morgan fingerprint density at radius 1 is 1.25 bits per heavy atom. The monoisotopic (exact) mass is 359 g/mol. The average Bonchev–Trinajstić information content (AvgIpc) is 2.92. The van der Waals surface area contributed by atoms with Crippen molar-refractivity contribution in [2.45, 2.75) is 13.8 Å². The number of aromatic nitrogens is 1. The molecule has 0 unspecified atom stereocenters. The van der Waals surface area contributed by atoms with E-state index in [2.05, 4.69) is 15.6 Å². The smallest absolute Gasteiger partial charge is 0.227 e. The molecular formula is C17H14ClN3O2S. The van der Waals surface area contributed by atoms with Crippen molar-refractivity contribution < 1.29 is 9.21 Å². The predicted molar refractivity (Wildman–Crippen MR) is 99.2 cm³/mol. The highest BCUT2D eigenvalue weighted by Crippen LogP contribution is 2.28. The largest absolute Gasteiger partial charge is 0.436 e. The lowest BCUT2D eigenvalue weighted by Gasteiger charge is -2.07. The number of nitrogens with one attached hydrogen (secondary N) is 2. The first-order valence-electron chi connectivity index (χ1n) is 7.18. The quantitative estimate of drug-likeness (QED) is 0.668. The zero-order valence-corrected chi connectivity index (χ0v) is 14.6. The summed E-state index contributed by atoms with van der Waals surface area (Å²) in [4.78, 5) is 15.5. The molecule has 0 saturated carbocycles. The molecule has 3 rings (SSSR count). The molecular weight excluding hydrogens is 346 g/mol. The Bertz CT molecular complexity index is 952.